The summed E-state index contributed by atoms with van der Waals surface area (Å²) in [5.41, 5.74) is 2.06. The van der Waals surface area contributed by atoms with Crippen LogP contribution in [-0.4, -0.2) is 44.3 Å². The molecule has 0 aliphatic rings. The predicted molar refractivity (Wildman–Crippen MR) is 174 cm³/mol. The van der Waals surface area contributed by atoms with Gasteiger partial charge in [0.15, 0.2) is 0 Å². The molecular formula is C34H36BrN3O4S. The normalized spacial score (nSPS) is 11.9. The molecule has 4 aromatic rings. The van der Waals surface area contributed by atoms with Gasteiger partial charge in [-0.05, 0) is 53.9 Å². The quantitative estimate of drug-likeness (QED) is 0.163. The highest BCUT2D eigenvalue weighted by molar-refractivity contribution is 9.10. The molecule has 4 rings (SSSR count). The number of hydrogen-bond donors (Lipinski definition) is 1. The van der Waals surface area contributed by atoms with Gasteiger partial charge in [-0.1, -0.05) is 108 Å². The standard InChI is InChI=1S/C34H36BrN3O4S/c1-2-3-23-36-34(40)32(24-27-13-7-4-8-14-27)37(25-28-19-21-29(35)22-20-28)33(39)26-38(30-15-9-5-10-16-30)43(41,42)31-17-11-6-12-18-31/h4-22,32H,2-3,23-26H2,1H3,(H,36,40)/t32-/m1/s1. The molecule has 0 aliphatic carbocycles. The van der Waals surface area contributed by atoms with Crippen LogP contribution >= 0.6 is 15.9 Å². The summed E-state index contributed by atoms with van der Waals surface area (Å²) >= 11 is 3.46. The Morgan fingerprint density at radius 2 is 1.37 bits per heavy atom. The van der Waals surface area contributed by atoms with Crippen molar-refractivity contribution in [3.63, 3.8) is 0 Å². The molecule has 7 nitrogen and oxygen atoms in total. The van der Waals surface area contributed by atoms with Gasteiger partial charge in [0.05, 0.1) is 10.6 Å². The van der Waals surface area contributed by atoms with Gasteiger partial charge in [-0.3, -0.25) is 13.9 Å². The van der Waals surface area contributed by atoms with Crippen LogP contribution in [0.2, 0.25) is 0 Å². The van der Waals surface area contributed by atoms with Gasteiger partial charge < -0.3 is 10.2 Å². The van der Waals surface area contributed by atoms with Crippen LogP contribution in [0.25, 0.3) is 0 Å². The van der Waals surface area contributed by atoms with E-state index in [1.807, 2.05) is 61.5 Å². The van der Waals surface area contributed by atoms with Gasteiger partial charge in [0.25, 0.3) is 10.0 Å². The van der Waals surface area contributed by atoms with E-state index in [1.54, 1.807) is 48.5 Å². The lowest BCUT2D eigenvalue weighted by atomic mass is 10.0. The largest absolute Gasteiger partial charge is 0.354 e. The first-order valence-corrected chi connectivity index (χ1v) is 16.5. The van der Waals surface area contributed by atoms with E-state index in [2.05, 4.69) is 21.2 Å². The number of unbranched alkanes of at least 4 members (excludes halogenated alkanes) is 1. The average molecular weight is 663 g/mol. The fraction of sp³-hybridized carbons (Fsp3) is 0.235. The summed E-state index contributed by atoms with van der Waals surface area (Å²) in [6.07, 6.45) is 1.99. The fourth-order valence-electron chi connectivity index (χ4n) is 4.69. The molecule has 1 N–H and O–H groups in total. The third kappa shape index (κ3) is 8.78. The summed E-state index contributed by atoms with van der Waals surface area (Å²) in [6.45, 7) is 2.17. The molecule has 9 heteroatoms. The van der Waals surface area contributed by atoms with Crippen LogP contribution < -0.4 is 9.62 Å². The number of para-hydroxylation sites is 1. The zero-order valence-corrected chi connectivity index (χ0v) is 26.5. The number of nitrogens with one attached hydrogen (secondary N) is 1. The summed E-state index contributed by atoms with van der Waals surface area (Å²) in [7, 11) is -4.10. The highest BCUT2D eigenvalue weighted by Gasteiger charge is 2.34. The zero-order valence-electron chi connectivity index (χ0n) is 24.1. The summed E-state index contributed by atoms with van der Waals surface area (Å²) in [4.78, 5) is 29.7. The second kappa shape index (κ2) is 15.5. The molecule has 0 aliphatic heterocycles. The molecule has 0 saturated heterocycles. The molecule has 0 radical (unpaired) electrons. The van der Waals surface area contributed by atoms with E-state index in [9.17, 15) is 18.0 Å². The minimum absolute atomic E-state index is 0.0734. The first-order valence-electron chi connectivity index (χ1n) is 14.3. The fourth-order valence-corrected chi connectivity index (χ4v) is 6.39. The van der Waals surface area contributed by atoms with Crippen molar-refractivity contribution in [3.05, 3.63) is 131 Å². The van der Waals surface area contributed by atoms with E-state index >= 15 is 0 Å². The van der Waals surface area contributed by atoms with Gasteiger partial charge in [0.1, 0.15) is 12.6 Å². The number of sulfonamides is 1. The number of hydrogen-bond acceptors (Lipinski definition) is 4. The molecule has 2 amide bonds. The summed E-state index contributed by atoms with van der Waals surface area (Å²) in [6, 6.07) is 32.8. The number of anilines is 1. The molecule has 0 saturated carbocycles. The molecule has 224 valence electrons. The van der Waals surface area contributed by atoms with E-state index in [1.165, 1.54) is 17.0 Å². The lowest BCUT2D eigenvalue weighted by Crippen LogP contribution is -2.53. The number of amides is 2. The molecule has 4 aromatic carbocycles. The maximum Gasteiger partial charge on any atom is 0.264 e. The molecule has 0 fully saturated rings. The highest BCUT2D eigenvalue weighted by atomic mass is 79.9. The van der Waals surface area contributed by atoms with Crippen molar-refractivity contribution in [1.82, 2.24) is 10.2 Å². The molecule has 0 bridgehead atoms. The van der Waals surface area contributed by atoms with Crippen LogP contribution in [0.4, 0.5) is 5.69 Å². The molecule has 0 unspecified atom stereocenters. The monoisotopic (exact) mass is 661 g/mol. The van der Waals surface area contributed by atoms with Crippen molar-refractivity contribution >= 4 is 43.5 Å². The molecule has 0 heterocycles. The third-order valence-electron chi connectivity index (χ3n) is 7.02. The number of carbonyl (C=O) groups is 2. The summed E-state index contributed by atoms with van der Waals surface area (Å²) < 4.78 is 29.9. The van der Waals surface area contributed by atoms with E-state index < -0.39 is 28.5 Å². The van der Waals surface area contributed by atoms with Gasteiger partial charge in [0, 0.05) is 24.0 Å². The smallest absolute Gasteiger partial charge is 0.264 e. The lowest BCUT2D eigenvalue weighted by Gasteiger charge is -2.34. The zero-order chi connectivity index (χ0) is 30.7. The van der Waals surface area contributed by atoms with E-state index in [-0.39, 0.29) is 23.8 Å². The van der Waals surface area contributed by atoms with Crippen LogP contribution in [0.15, 0.2) is 125 Å². The van der Waals surface area contributed by atoms with Crippen LogP contribution in [0.1, 0.15) is 30.9 Å². The Kier molecular flexibility index (Phi) is 11.5. The van der Waals surface area contributed by atoms with Crippen molar-refractivity contribution in [3.8, 4) is 0 Å². The maximum atomic E-state index is 14.4. The third-order valence-corrected chi connectivity index (χ3v) is 9.34. The molecule has 0 spiro atoms. The Balaban J connectivity index is 1.76. The first kappa shape index (κ1) is 32.0. The second-order valence-corrected chi connectivity index (χ2v) is 12.9. The molecule has 1 atom stereocenters. The Labute approximate surface area is 262 Å². The van der Waals surface area contributed by atoms with Crippen LogP contribution in [-0.2, 0) is 32.6 Å². The number of rotatable bonds is 14. The molecule has 0 aromatic heterocycles. The Morgan fingerprint density at radius 3 is 1.98 bits per heavy atom. The van der Waals surface area contributed by atoms with Gasteiger partial charge >= 0.3 is 0 Å². The van der Waals surface area contributed by atoms with Gasteiger partial charge in [-0.2, -0.15) is 0 Å². The Morgan fingerprint density at radius 1 is 0.791 bits per heavy atom. The number of carbonyl (C=O) groups excluding carboxylic acids is 2. The van der Waals surface area contributed by atoms with Crippen LogP contribution in [0, 0.1) is 0 Å². The molecule has 43 heavy (non-hydrogen) atoms. The van der Waals surface area contributed by atoms with E-state index in [0.717, 1.165) is 32.7 Å². The maximum absolute atomic E-state index is 14.4. The lowest BCUT2D eigenvalue weighted by molar-refractivity contribution is -0.140. The van der Waals surface area contributed by atoms with Crippen molar-refractivity contribution in [2.24, 2.45) is 0 Å². The van der Waals surface area contributed by atoms with E-state index in [0.29, 0.717) is 12.2 Å². The van der Waals surface area contributed by atoms with Crippen molar-refractivity contribution in [2.75, 3.05) is 17.4 Å². The summed E-state index contributed by atoms with van der Waals surface area (Å²) in [5, 5.41) is 3.00. The van der Waals surface area contributed by atoms with Gasteiger partial charge in [0.2, 0.25) is 11.8 Å². The van der Waals surface area contributed by atoms with Gasteiger partial charge in [-0.25, -0.2) is 8.42 Å². The highest BCUT2D eigenvalue weighted by Crippen LogP contribution is 2.25. The summed E-state index contributed by atoms with van der Waals surface area (Å²) in [5.74, 6) is -0.766. The Bertz CT molecular complexity index is 1570. The topological polar surface area (TPSA) is 86.8 Å². The predicted octanol–water partition coefficient (Wildman–Crippen LogP) is 6.20. The van der Waals surface area contributed by atoms with Gasteiger partial charge in [-0.15, -0.1) is 0 Å². The minimum atomic E-state index is -4.10. The van der Waals surface area contributed by atoms with Crippen LogP contribution in [0.3, 0.4) is 0 Å². The number of nitrogens with zero attached hydrogens (tertiary/aromatic N) is 2. The Hall–Kier alpha value is -3.95. The van der Waals surface area contributed by atoms with Crippen LogP contribution in [0.5, 0.6) is 0 Å². The second-order valence-electron chi connectivity index (χ2n) is 10.2. The minimum Gasteiger partial charge on any atom is -0.354 e. The first-order chi connectivity index (χ1) is 20.8. The molecular weight excluding hydrogens is 626 g/mol. The number of benzene rings is 4. The average Bonchev–Trinajstić information content (AvgIpc) is 3.03. The van der Waals surface area contributed by atoms with Crippen molar-refractivity contribution < 1.29 is 18.0 Å². The van der Waals surface area contributed by atoms with Crippen molar-refractivity contribution in [2.45, 2.75) is 43.7 Å². The van der Waals surface area contributed by atoms with E-state index in [4.69, 9.17) is 0 Å². The SMILES string of the molecule is CCCCNC(=O)[C@@H](Cc1ccccc1)N(Cc1ccc(Br)cc1)C(=O)CN(c1ccccc1)S(=O)(=O)c1ccccc1. The van der Waals surface area contributed by atoms with Crippen molar-refractivity contribution in [1.29, 1.82) is 0 Å². The number of halogens is 1.